The third kappa shape index (κ3) is 2.25. The molecule has 0 bridgehead atoms. The minimum atomic E-state index is -4.56. The number of benzene rings is 1. The first kappa shape index (κ1) is 12.7. The lowest BCUT2D eigenvalue weighted by Crippen LogP contribution is -2.11. The van der Waals surface area contributed by atoms with Crippen molar-refractivity contribution in [1.82, 2.24) is 0 Å². The Kier molecular flexibility index (Phi) is 2.92. The van der Waals surface area contributed by atoms with Crippen LogP contribution in [0.4, 0.5) is 13.2 Å². The van der Waals surface area contributed by atoms with Gasteiger partial charge in [-0.25, -0.2) is 4.79 Å². The van der Waals surface area contributed by atoms with Crippen LogP contribution in [0.3, 0.4) is 0 Å². The lowest BCUT2D eigenvalue weighted by Gasteiger charge is -2.11. The maximum absolute atomic E-state index is 12.8. The van der Waals surface area contributed by atoms with Gasteiger partial charge in [0.15, 0.2) is 0 Å². The van der Waals surface area contributed by atoms with Gasteiger partial charge in [-0.2, -0.15) is 13.2 Å². The molecule has 0 aliphatic rings. The molecular formula is C13H11F3O2. The third-order valence-corrected chi connectivity index (χ3v) is 2.74. The van der Waals surface area contributed by atoms with Crippen LogP contribution in [-0.2, 0) is 6.18 Å². The third-order valence-electron chi connectivity index (χ3n) is 2.74. The molecule has 0 atom stereocenters. The van der Waals surface area contributed by atoms with Crippen LogP contribution < -0.4 is 5.63 Å². The van der Waals surface area contributed by atoms with Crippen LogP contribution in [0.15, 0.2) is 33.5 Å². The van der Waals surface area contributed by atoms with Gasteiger partial charge in [-0.1, -0.05) is 26.0 Å². The summed E-state index contributed by atoms with van der Waals surface area (Å²) in [5.74, 6) is 0.147. The molecule has 0 spiro atoms. The van der Waals surface area contributed by atoms with E-state index in [1.807, 2.05) is 13.8 Å². The molecule has 0 unspecified atom stereocenters. The topological polar surface area (TPSA) is 30.2 Å². The molecule has 5 heteroatoms. The Hall–Kier alpha value is -1.78. The zero-order valence-corrected chi connectivity index (χ0v) is 9.84. The molecule has 0 saturated carbocycles. The molecule has 0 radical (unpaired) electrons. The Bertz CT molecular complexity index is 639. The molecule has 0 aliphatic heterocycles. The van der Waals surface area contributed by atoms with Gasteiger partial charge in [0, 0.05) is 11.5 Å². The number of fused-ring (bicyclic) bond motifs is 1. The summed E-state index contributed by atoms with van der Waals surface area (Å²) in [7, 11) is 0. The Morgan fingerprint density at radius 3 is 2.39 bits per heavy atom. The average molecular weight is 256 g/mol. The number of halogens is 3. The Morgan fingerprint density at radius 1 is 1.17 bits per heavy atom. The molecular weight excluding hydrogens is 245 g/mol. The first-order valence-electron chi connectivity index (χ1n) is 5.44. The fourth-order valence-corrected chi connectivity index (χ4v) is 1.77. The highest BCUT2D eigenvalue weighted by molar-refractivity contribution is 5.81. The van der Waals surface area contributed by atoms with Crippen LogP contribution in [0.5, 0.6) is 0 Å². The summed E-state index contributed by atoms with van der Waals surface area (Å²) in [4.78, 5) is 11.2. The predicted molar refractivity (Wildman–Crippen MR) is 61.6 cm³/mol. The van der Waals surface area contributed by atoms with E-state index in [9.17, 15) is 18.0 Å². The van der Waals surface area contributed by atoms with E-state index in [4.69, 9.17) is 4.42 Å². The van der Waals surface area contributed by atoms with Crippen molar-refractivity contribution in [2.24, 2.45) is 0 Å². The molecule has 0 saturated heterocycles. The summed E-state index contributed by atoms with van der Waals surface area (Å²) in [6.45, 7) is 3.82. The summed E-state index contributed by atoms with van der Waals surface area (Å²) in [6.07, 6.45) is -4.56. The number of hydrogen-bond acceptors (Lipinski definition) is 2. The van der Waals surface area contributed by atoms with E-state index < -0.39 is 17.4 Å². The summed E-state index contributed by atoms with van der Waals surface area (Å²) < 4.78 is 43.2. The maximum Gasteiger partial charge on any atom is 0.417 e. The van der Waals surface area contributed by atoms with Crippen molar-refractivity contribution in [2.45, 2.75) is 25.9 Å². The molecule has 1 heterocycles. The highest BCUT2D eigenvalue weighted by atomic mass is 19.4. The largest absolute Gasteiger partial charge is 0.423 e. The van der Waals surface area contributed by atoms with E-state index in [1.54, 1.807) is 6.07 Å². The zero-order valence-electron chi connectivity index (χ0n) is 9.84. The highest BCUT2D eigenvalue weighted by Crippen LogP contribution is 2.34. The van der Waals surface area contributed by atoms with Crippen molar-refractivity contribution in [3.05, 3.63) is 45.8 Å². The summed E-state index contributed by atoms with van der Waals surface area (Å²) in [5.41, 5.74) is -1.15. The molecule has 0 N–H and O–H groups in total. The van der Waals surface area contributed by atoms with Gasteiger partial charge in [0.2, 0.25) is 0 Å². The van der Waals surface area contributed by atoms with Gasteiger partial charge in [0.05, 0.1) is 5.56 Å². The number of hydrogen-bond donors (Lipinski definition) is 0. The molecule has 2 nitrogen and oxygen atoms in total. The van der Waals surface area contributed by atoms with Crippen LogP contribution in [-0.4, -0.2) is 0 Å². The second-order valence-corrected chi connectivity index (χ2v) is 4.39. The molecule has 0 fully saturated rings. The lowest BCUT2D eigenvalue weighted by molar-refractivity contribution is -0.136. The predicted octanol–water partition coefficient (Wildman–Crippen LogP) is 3.94. The first-order chi connectivity index (χ1) is 8.29. The molecule has 1 aromatic carbocycles. The molecule has 2 aromatic rings. The second kappa shape index (κ2) is 4.15. The monoisotopic (exact) mass is 256 g/mol. The Labute approximate surface area is 101 Å². The summed E-state index contributed by atoms with van der Waals surface area (Å²) >= 11 is 0. The van der Waals surface area contributed by atoms with E-state index in [2.05, 4.69) is 0 Å². The van der Waals surface area contributed by atoms with Crippen molar-refractivity contribution >= 4 is 11.0 Å². The molecule has 96 valence electrons. The average Bonchev–Trinajstić information content (AvgIpc) is 2.25. The fraction of sp³-hybridized carbons (Fsp3) is 0.308. The van der Waals surface area contributed by atoms with E-state index in [-0.39, 0.29) is 16.9 Å². The van der Waals surface area contributed by atoms with Crippen LogP contribution in [0.25, 0.3) is 11.0 Å². The van der Waals surface area contributed by atoms with Crippen LogP contribution in [0.2, 0.25) is 0 Å². The SMILES string of the molecule is CC(C)c1ccc2c(C(F)(F)F)cc(=O)oc2c1. The summed E-state index contributed by atoms with van der Waals surface area (Å²) in [6, 6.07) is 4.92. The Balaban J connectivity index is 2.79. The van der Waals surface area contributed by atoms with Crippen molar-refractivity contribution in [3.8, 4) is 0 Å². The molecule has 18 heavy (non-hydrogen) atoms. The van der Waals surface area contributed by atoms with Crippen LogP contribution in [0, 0.1) is 0 Å². The molecule has 1 aromatic heterocycles. The van der Waals surface area contributed by atoms with Gasteiger partial charge in [-0.3, -0.25) is 0 Å². The zero-order chi connectivity index (χ0) is 13.5. The summed E-state index contributed by atoms with van der Waals surface area (Å²) in [5, 5.41) is -0.0912. The van der Waals surface area contributed by atoms with Crippen molar-refractivity contribution in [3.63, 3.8) is 0 Å². The smallest absolute Gasteiger partial charge is 0.417 e. The van der Waals surface area contributed by atoms with Gasteiger partial charge < -0.3 is 4.42 Å². The molecule has 0 aliphatic carbocycles. The second-order valence-electron chi connectivity index (χ2n) is 4.39. The number of alkyl halides is 3. The standard InChI is InChI=1S/C13H11F3O2/c1-7(2)8-3-4-9-10(13(14,15)16)6-12(17)18-11(9)5-8/h3-7H,1-2H3. The molecule has 2 rings (SSSR count). The minimum Gasteiger partial charge on any atom is -0.423 e. The van der Waals surface area contributed by atoms with Crippen LogP contribution in [0.1, 0.15) is 30.9 Å². The van der Waals surface area contributed by atoms with Gasteiger partial charge >= 0.3 is 11.8 Å². The lowest BCUT2D eigenvalue weighted by atomic mass is 10.0. The van der Waals surface area contributed by atoms with Gasteiger partial charge in [0.25, 0.3) is 0 Å². The van der Waals surface area contributed by atoms with Gasteiger partial charge in [-0.05, 0) is 17.5 Å². The quantitative estimate of drug-likeness (QED) is 0.723. The van der Waals surface area contributed by atoms with E-state index in [1.165, 1.54) is 12.1 Å². The maximum atomic E-state index is 12.8. The van der Waals surface area contributed by atoms with E-state index in [0.717, 1.165) is 5.56 Å². The van der Waals surface area contributed by atoms with E-state index in [0.29, 0.717) is 6.07 Å². The first-order valence-corrected chi connectivity index (χ1v) is 5.44. The van der Waals surface area contributed by atoms with Gasteiger partial charge in [0.1, 0.15) is 5.58 Å². The fourth-order valence-electron chi connectivity index (χ4n) is 1.77. The van der Waals surface area contributed by atoms with E-state index >= 15 is 0 Å². The normalized spacial score (nSPS) is 12.3. The Morgan fingerprint density at radius 2 is 1.83 bits per heavy atom. The minimum absolute atomic E-state index is 0.0268. The highest BCUT2D eigenvalue weighted by Gasteiger charge is 2.33. The van der Waals surface area contributed by atoms with Crippen molar-refractivity contribution < 1.29 is 17.6 Å². The van der Waals surface area contributed by atoms with Crippen molar-refractivity contribution in [1.29, 1.82) is 0 Å². The molecule has 0 amide bonds. The van der Waals surface area contributed by atoms with Crippen LogP contribution >= 0.6 is 0 Å². The van der Waals surface area contributed by atoms with Crippen molar-refractivity contribution in [2.75, 3.05) is 0 Å². The number of rotatable bonds is 1. The van der Waals surface area contributed by atoms with Gasteiger partial charge in [-0.15, -0.1) is 0 Å².